The number of aryl methyl sites for hydroxylation is 1. The van der Waals surface area contributed by atoms with Crippen LogP contribution in [0.3, 0.4) is 0 Å². The van der Waals surface area contributed by atoms with Gasteiger partial charge in [-0.1, -0.05) is 18.2 Å². The molecule has 18 heavy (non-hydrogen) atoms. The molecule has 0 amide bonds. The molecule has 1 aliphatic rings. The van der Waals surface area contributed by atoms with E-state index in [-0.39, 0.29) is 0 Å². The van der Waals surface area contributed by atoms with E-state index >= 15 is 0 Å². The van der Waals surface area contributed by atoms with Crippen molar-refractivity contribution in [1.82, 2.24) is 4.90 Å². The van der Waals surface area contributed by atoms with Crippen LogP contribution in [0, 0.1) is 6.92 Å². The first-order valence-corrected chi connectivity index (χ1v) is 6.34. The average molecular weight is 242 g/mol. The average Bonchev–Trinajstić information content (AvgIpc) is 2.97. The van der Waals surface area contributed by atoms with Crippen LogP contribution in [0.25, 0.3) is 0 Å². The van der Waals surface area contributed by atoms with E-state index in [0.717, 1.165) is 18.8 Å². The molecule has 1 aromatic carbocycles. The van der Waals surface area contributed by atoms with Crippen molar-refractivity contribution in [3.8, 4) is 0 Å². The fourth-order valence-electron chi connectivity index (χ4n) is 2.81. The maximum Gasteiger partial charge on any atom is 0.117 e. The molecule has 1 unspecified atom stereocenters. The Balaban J connectivity index is 1.89. The van der Waals surface area contributed by atoms with Gasteiger partial charge in [-0.2, -0.15) is 0 Å². The Kier molecular flexibility index (Phi) is 2.94. The summed E-state index contributed by atoms with van der Waals surface area (Å²) in [5.74, 6) is 0.999. The lowest BCUT2D eigenvalue weighted by molar-refractivity contribution is 0.194. The number of rotatable bonds is 3. The van der Waals surface area contributed by atoms with Gasteiger partial charge < -0.3 is 10.2 Å². The zero-order valence-corrected chi connectivity index (χ0v) is 10.6. The normalized spacial score (nSPS) is 19.1. The molecule has 1 atom stereocenters. The topological polar surface area (TPSA) is 42.4 Å². The van der Waals surface area contributed by atoms with Crippen LogP contribution in [-0.4, -0.2) is 11.4 Å². The molecule has 0 spiro atoms. The lowest BCUT2D eigenvalue weighted by Crippen LogP contribution is -2.27. The molecule has 0 aliphatic carbocycles. The van der Waals surface area contributed by atoms with Gasteiger partial charge in [0.2, 0.25) is 0 Å². The van der Waals surface area contributed by atoms with Crippen LogP contribution < -0.4 is 5.73 Å². The zero-order chi connectivity index (χ0) is 12.5. The zero-order valence-electron chi connectivity index (χ0n) is 10.6. The van der Waals surface area contributed by atoms with Gasteiger partial charge in [0.25, 0.3) is 0 Å². The van der Waals surface area contributed by atoms with Crippen LogP contribution in [0.2, 0.25) is 0 Å². The van der Waals surface area contributed by atoms with Crippen molar-refractivity contribution in [2.75, 3.05) is 6.54 Å². The van der Waals surface area contributed by atoms with Gasteiger partial charge in [0.1, 0.15) is 5.76 Å². The maximum absolute atomic E-state index is 5.95. The highest BCUT2D eigenvalue weighted by molar-refractivity contribution is 5.40. The summed E-state index contributed by atoms with van der Waals surface area (Å²) in [6.07, 6.45) is 1.72. The number of hydrogen-bond donors (Lipinski definition) is 1. The van der Waals surface area contributed by atoms with Crippen molar-refractivity contribution in [2.45, 2.75) is 26.1 Å². The third kappa shape index (κ3) is 1.85. The Morgan fingerprint density at radius 2 is 2.22 bits per heavy atom. The van der Waals surface area contributed by atoms with Gasteiger partial charge in [0, 0.05) is 19.1 Å². The van der Waals surface area contributed by atoms with Gasteiger partial charge >= 0.3 is 0 Å². The van der Waals surface area contributed by atoms with E-state index in [1.165, 1.54) is 16.7 Å². The molecule has 2 N–H and O–H groups in total. The summed E-state index contributed by atoms with van der Waals surface area (Å²) in [6, 6.07) is 10.7. The van der Waals surface area contributed by atoms with Crippen LogP contribution in [0.15, 0.2) is 41.0 Å². The highest BCUT2D eigenvalue weighted by Gasteiger charge is 2.30. The van der Waals surface area contributed by atoms with E-state index in [1.807, 2.05) is 12.1 Å². The predicted molar refractivity (Wildman–Crippen MR) is 70.9 cm³/mol. The minimum Gasteiger partial charge on any atom is -0.468 e. The molecule has 0 radical (unpaired) electrons. The summed E-state index contributed by atoms with van der Waals surface area (Å²) in [7, 11) is 0. The summed E-state index contributed by atoms with van der Waals surface area (Å²) in [5, 5.41) is 0. The lowest BCUT2D eigenvalue weighted by Gasteiger charge is -2.22. The highest BCUT2D eigenvalue weighted by Crippen LogP contribution is 2.35. The van der Waals surface area contributed by atoms with Gasteiger partial charge in [-0.15, -0.1) is 0 Å². The molecule has 2 aromatic rings. The van der Waals surface area contributed by atoms with E-state index in [4.69, 9.17) is 10.2 Å². The minimum atomic E-state index is 0.310. The molecule has 0 bridgehead atoms. The first kappa shape index (κ1) is 11.5. The van der Waals surface area contributed by atoms with E-state index in [1.54, 1.807) is 6.26 Å². The third-order valence-corrected chi connectivity index (χ3v) is 3.77. The van der Waals surface area contributed by atoms with Crippen molar-refractivity contribution < 1.29 is 4.42 Å². The Morgan fingerprint density at radius 3 is 2.94 bits per heavy atom. The summed E-state index contributed by atoms with van der Waals surface area (Å²) < 4.78 is 5.43. The van der Waals surface area contributed by atoms with Crippen LogP contribution in [0.5, 0.6) is 0 Å². The molecule has 3 heteroatoms. The fourth-order valence-corrected chi connectivity index (χ4v) is 2.81. The Labute approximate surface area is 107 Å². The third-order valence-electron chi connectivity index (χ3n) is 3.77. The molecule has 2 heterocycles. The molecule has 0 fully saturated rings. The summed E-state index contributed by atoms with van der Waals surface area (Å²) in [5.41, 5.74) is 10.1. The second kappa shape index (κ2) is 4.59. The number of nitrogens with zero attached hydrogens (tertiary/aromatic N) is 1. The molecule has 94 valence electrons. The summed E-state index contributed by atoms with van der Waals surface area (Å²) in [4.78, 5) is 2.39. The van der Waals surface area contributed by atoms with Crippen molar-refractivity contribution in [1.29, 1.82) is 0 Å². The highest BCUT2D eigenvalue weighted by atomic mass is 16.3. The van der Waals surface area contributed by atoms with Crippen LogP contribution in [0.1, 0.15) is 28.5 Å². The Morgan fingerprint density at radius 1 is 1.33 bits per heavy atom. The van der Waals surface area contributed by atoms with Gasteiger partial charge in [-0.25, -0.2) is 0 Å². The quantitative estimate of drug-likeness (QED) is 0.899. The van der Waals surface area contributed by atoms with E-state index in [9.17, 15) is 0 Å². The van der Waals surface area contributed by atoms with Crippen molar-refractivity contribution in [3.63, 3.8) is 0 Å². The number of fused-ring (bicyclic) bond motifs is 1. The minimum absolute atomic E-state index is 0.310. The summed E-state index contributed by atoms with van der Waals surface area (Å²) >= 11 is 0. The second-order valence-corrected chi connectivity index (χ2v) is 4.88. The van der Waals surface area contributed by atoms with Crippen molar-refractivity contribution in [2.24, 2.45) is 5.73 Å². The van der Waals surface area contributed by atoms with Crippen LogP contribution in [0.4, 0.5) is 0 Å². The van der Waals surface area contributed by atoms with Gasteiger partial charge in [-0.05, 0) is 35.7 Å². The summed E-state index contributed by atoms with van der Waals surface area (Å²) in [6.45, 7) is 4.60. The predicted octanol–water partition coefficient (Wildman–Crippen LogP) is 2.60. The number of hydrogen-bond acceptors (Lipinski definition) is 3. The smallest absolute Gasteiger partial charge is 0.117 e. The van der Waals surface area contributed by atoms with Crippen LogP contribution in [-0.2, 0) is 13.1 Å². The molecular formula is C15H18N2O. The monoisotopic (exact) mass is 242 g/mol. The molecular weight excluding hydrogens is 224 g/mol. The van der Waals surface area contributed by atoms with Gasteiger partial charge in [0.15, 0.2) is 0 Å². The molecule has 3 rings (SSSR count). The SMILES string of the molecule is Cc1cccc2c1CN(Cc1ccco1)C2CN. The standard InChI is InChI=1S/C15H18N2O/c1-11-4-2-6-13-14(11)10-17(15(13)8-16)9-12-5-3-7-18-12/h2-7,15H,8-10,16H2,1H3. The number of benzene rings is 1. The van der Waals surface area contributed by atoms with Crippen molar-refractivity contribution in [3.05, 3.63) is 59.0 Å². The first-order chi connectivity index (χ1) is 8.79. The first-order valence-electron chi connectivity index (χ1n) is 6.34. The maximum atomic E-state index is 5.95. The molecule has 3 nitrogen and oxygen atoms in total. The lowest BCUT2D eigenvalue weighted by atomic mass is 10.0. The number of furan rings is 1. The largest absolute Gasteiger partial charge is 0.468 e. The molecule has 1 aliphatic heterocycles. The van der Waals surface area contributed by atoms with E-state index in [0.29, 0.717) is 12.6 Å². The Hall–Kier alpha value is -1.58. The van der Waals surface area contributed by atoms with Gasteiger partial charge in [0.05, 0.1) is 12.8 Å². The second-order valence-electron chi connectivity index (χ2n) is 4.88. The number of nitrogens with two attached hydrogens (primary N) is 1. The van der Waals surface area contributed by atoms with Crippen molar-refractivity contribution >= 4 is 0 Å². The van der Waals surface area contributed by atoms with Gasteiger partial charge in [-0.3, -0.25) is 4.90 Å². The molecule has 0 saturated carbocycles. The fraction of sp³-hybridized carbons (Fsp3) is 0.333. The van der Waals surface area contributed by atoms with E-state index in [2.05, 4.69) is 30.0 Å². The van der Waals surface area contributed by atoms with Crippen LogP contribution >= 0.6 is 0 Å². The van der Waals surface area contributed by atoms with E-state index < -0.39 is 0 Å². The Bertz CT molecular complexity index is 533. The molecule has 1 aromatic heterocycles. The molecule has 0 saturated heterocycles.